The van der Waals surface area contributed by atoms with Crippen LogP contribution < -0.4 is 5.32 Å². The van der Waals surface area contributed by atoms with Gasteiger partial charge in [0.05, 0.1) is 0 Å². The average molecular weight is 274 g/mol. The maximum absolute atomic E-state index is 12.6. The maximum atomic E-state index is 12.6. The molecule has 0 aromatic carbocycles. The van der Waals surface area contributed by atoms with Gasteiger partial charge < -0.3 is 10.2 Å². The Morgan fingerprint density at radius 2 is 2.10 bits per heavy atom. The van der Waals surface area contributed by atoms with E-state index in [0.717, 1.165) is 25.3 Å². The smallest absolute Gasteiger partial charge is 0.272 e. The number of aromatic nitrogens is 1. The third kappa shape index (κ3) is 2.38. The van der Waals surface area contributed by atoms with Crippen molar-refractivity contribution >= 4 is 11.7 Å². The molecule has 0 spiro atoms. The Morgan fingerprint density at radius 1 is 1.30 bits per heavy atom. The lowest BCUT2D eigenvalue weighted by Crippen LogP contribution is -2.40. The van der Waals surface area contributed by atoms with Gasteiger partial charge in [0.25, 0.3) is 5.91 Å². The fraction of sp³-hybridized carbons (Fsp3) is 0.600. The minimum atomic E-state index is 0.0584. The van der Waals surface area contributed by atoms with Gasteiger partial charge in [-0.15, -0.1) is 0 Å². The van der Waals surface area contributed by atoms with Gasteiger partial charge in [-0.05, 0) is 38.4 Å². The van der Waals surface area contributed by atoms with Crippen LogP contribution in [0.2, 0.25) is 0 Å². The highest BCUT2D eigenvalue weighted by molar-refractivity contribution is 5.92. The summed E-state index contributed by atoms with van der Waals surface area (Å²) in [5.41, 5.74) is 0.539. The van der Waals surface area contributed by atoms with Crippen LogP contribution in [0.5, 0.6) is 0 Å². The molecule has 3 heterocycles. The lowest BCUT2D eigenvalue weighted by Gasteiger charge is -2.25. The second-order valence-corrected chi connectivity index (χ2v) is 5.75. The second kappa shape index (κ2) is 5.40. The Labute approximate surface area is 120 Å². The second-order valence-electron chi connectivity index (χ2n) is 5.75. The van der Waals surface area contributed by atoms with Crippen molar-refractivity contribution in [3.05, 3.63) is 23.9 Å². The maximum Gasteiger partial charge on any atom is 0.272 e. The van der Waals surface area contributed by atoms with E-state index in [0.29, 0.717) is 17.8 Å². The summed E-state index contributed by atoms with van der Waals surface area (Å²) >= 11 is 0. The fourth-order valence-electron chi connectivity index (χ4n) is 3.35. The van der Waals surface area contributed by atoms with Gasteiger partial charge in [0.2, 0.25) is 0 Å². The van der Waals surface area contributed by atoms with Crippen molar-refractivity contribution in [2.45, 2.75) is 31.3 Å². The summed E-state index contributed by atoms with van der Waals surface area (Å²) in [6.45, 7) is 1.67. The lowest BCUT2D eigenvalue weighted by molar-refractivity contribution is 0.0734. The van der Waals surface area contributed by atoms with Crippen LogP contribution in [0.4, 0.5) is 5.82 Å². The zero-order valence-corrected chi connectivity index (χ0v) is 12.2. The lowest BCUT2D eigenvalue weighted by atomic mass is 10.1. The SMILES string of the molecule is CNc1cccc(C(=O)N2CCC3CCC(C2)N3C)n1. The number of likely N-dealkylation sites (tertiary alicyclic amines) is 1. The number of rotatable bonds is 2. The van der Waals surface area contributed by atoms with E-state index in [1.54, 1.807) is 6.07 Å². The molecule has 108 valence electrons. The quantitative estimate of drug-likeness (QED) is 0.886. The molecule has 20 heavy (non-hydrogen) atoms. The molecule has 2 fully saturated rings. The highest BCUT2D eigenvalue weighted by Gasteiger charge is 2.36. The van der Waals surface area contributed by atoms with E-state index in [9.17, 15) is 4.79 Å². The average Bonchev–Trinajstić information content (AvgIpc) is 2.71. The minimum Gasteiger partial charge on any atom is -0.373 e. The van der Waals surface area contributed by atoms with Crippen LogP contribution in [0.3, 0.4) is 0 Å². The predicted octanol–water partition coefficient (Wildman–Crippen LogP) is 1.43. The van der Waals surface area contributed by atoms with E-state index in [1.807, 2.05) is 24.1 Å². The molecule has 2 unspecified atom stereocenters. The van der Waals surface area contributed by atoms with Crippen LogP contribution in [0.15, 0.2) is 18.2 Å². The summed E-state index contributed by atoms with van der Waals surface area (Å²) in [4.78, 5) is 21.4. The van der Waals surface area contributed by atoms with Crippen LogP contribution in [-0.4, -0.2) is 60.0 Å². The van der Waals surface area contributed by atoms with Gasteiger partial charge in [-0.3, -0.25) is 9.69 Å². The van der Waals surface area contributed by atoms with Gasteiger partial charge in [-0.25, -0.2) is 4.98 Å². The van der Waals surface area contributed by atoms with E-state index >= 15 is 0 Å². The third-order valence-corrected chi connectivity index (χ3v) is 4.66. The molecule has 5 heteroatoms. The Kier molecular flexibility index (Phi) is 3.61. The molecular weight excluding hydrogens is 252 g/mol. The highest BCUT2D eigenvalue weighted by atomic mass is 16.2. The number of pyridine rings is 1. The fourth-order valence-corrected chi connectivity index (χ4v) is 3.35. The highest BCUT2D eigenvalue weighted by Crippen LogP contribution is 2.28. The minimum absolute atomic E-state index is 0.0584. The number of carbonyl (C=O) groups excluding carboxylic acids is 1. The molecule has 0 saturated carbocycles. The predicted molar refractivity (Wildman–Crippen MR) is 78.9 cm³/mol. The van der Waals surface area contributed by atoms with Crippen molar-refractivity contribution in [1.29, 1.82) is 0 Å². The molecule has 1 aromatic rings. The number of likely N-dealkylation sites (N-methyl/N-ethyl adjacent to an activating group) is 1. The Morgan fingerprint density at radius 3 is 2.90 bits per heavy atom. The van der Waals surface area contributed by atoms with Crippen LogP contribution in [-0.2, 0) is 0 Å². The molecule has 2 bridgehead atoms. The summed E-state index contributed by atoms with van der Waals surface area (Å²) in [6.07, 6.45) is 3.55. The van der Waals surface area contributed by atoms with Gasteiger partial charge in [0.1, 0.15) is 11.5 Å². The van der Waals surface area contributed by atoms with Crippen LogP contribution in [0.25, 0.3) is 0 Å². The summed E-state index contributed by atoms with van der Waals surface area (Å²) in [5.74, 6) is 0.798. The van der Waals surface area contributed by atoms with Crippen LogP contribution in [0.1, 0.15) is 29.8 Å². The first-order chi connectivity index (χ1) is 9.69. The number of hydrogen-bond donors (Lipinski definition) is 1. The number of nitrogens with one attached hydrogen (secondary N) is 1. The van der Waals surface area contributed by atoms with Crippen molar-refractivity contribution in [3.8, 4) is 0 Å². The van der Waals surface area contributed by atoms with Crippen molar-refractivity contribution in [3.63, 3.8) is 0 Å². The van der Waals surface area contributed by atoms with Crippen molar-refractivity contribution in [2.24, 2.45) is 0 Å². The number of amides is 1. The van der Waals surface area contributed by atoms with E-state index in [1.165, 1.54) is 12.8 Å². The molecule has 0 aliphatic carbocycles. The van der Waals surface area contributed by atoms with Crippen molar-refractivity contribution in [2.75, 3.05) is 32.5 Å². The van der Waals surface area contributed by atoms with Gasteiger partial charge in [-0.2, -0.15) is 0 Å². The van der Waals surface area contributed by atoms with Gasteiger partial charge in [-0.1, -0.05) is 6.07 Å². The first-order valence-corrected chi connectivity index (χ1v) is 7.35. The molecule has 2 saturated heterocycles. The number of nitrogens with zero attached hydrogens (tertiary/aromatic N) is 3. The van der Waals surface area contributed by atoms with Crippen LogP contribution in [0, 0.1) is 0 Å². The summed E-state index contributed by atoms with van der Waals surface area (Å²) < 4.78 is 0. The first kappa shape index (κ1) is 13.4. The van der Waals surface area contributed by atoms with E-state index in [4.69, 9.17) is 0 Å². The number of fused-ring (bicyclic) bond motifs is 2. The monoisotopic (exact) mass is 274 g/mol. The van der Waals surface area contributed by atoms with Gasteiger partial charge in [0, 0.05) is 32.2 Å². The summed E-state index contributed by atoms with van der Waals surface area (Å²) in [5, 5.41) is 2.98. The molecule has 5 nitrogen and oxygen atoms in total. The Bertz CT molecular complexity index is 504. The van der Waals surface area contributed by atoms with Gasteiger partial charge >= 0.3 is 0 Å². The van der Waals surface area contributed by atoms with E-state index in [2.05, 4.69) is 22.2 Å². The first-order valence-electron chi connectivity index (χ1n) is 7.35. The molecule has 2 atom stereocenters. The molecule has 2 aliphatic rings. The molecule has 0 radical (unpaired) electrons. The molecule has 2 aliphatic heterocycles. The third-order valence-electron chi connectivity index (χ3n) is 4.66. The number of hydrogen-bond acceptors (Lipinski definition) is 4. The molecular formula is C15H22N4O. The molecule has 3 rings (SSSR count). The normalized spacial score (nSPS) is 26.4. The zero-order chi connectivity index (χ0) is 14.1. The summed E-state index contributed by atoms with van der Waals surface area (Å²) in [7, 11) is 4.01. The topological polar surface area (TPSA) is 48.5 Å². The Hall–Kier alpha value is -1.62. The zero-order valence-electron chi connectivity index (χ0n) is 12.2. The molecule has 1 N–H and O–H groups in total. The van der Waals surface area contributed by atoms with Crippen molar-refractivity contribution < 1.29 is 4.79 Å². The summed E-state index contributed by atoms with van der Waals surface area (Å²) in [6, 6.07) is 6.71. The number of carbonyl (C=O) groups is 1. The van der Waals surface area contributed by atoms with Crippen LogP contribution >= 0.6 is 0 Å². The van der Waals surface area contributed by atoms with E-state index in [-0.39, 0.29) is 5.91 Å². The standard InChI is InChI=1S/C15H22N4O/c1-16-14-5-3-4-13(17-14)15(20)19-9-8-11-6-7-12(10-19)18(11)2/h3-5,11-12H,6-10H2,1-2H3,(H,16,17). The van der Waals surface area contributed by atoms with Gasteiger partial charge in [0.15, 0.2) is 0 Å². The van der Waals surface area contributed by atoms with Crippen molar-refractivity contribution in [1.82, 2.24) is 14.8 Å². The molecule has 1 amide bonds. The number of anilines is 1. The van der Waals surface area contributed by atoms with E-state index < -0.39 is 0 Å². The molecule has 1 aromatic heterocycles. The largest absolute Gasteiger partial charge is 0.373 e. The Balaban J connectivity index is 1.77.